The molecule has 1 aliphatic carbocycles. The van der Waals surface area contributed by atoms with E-state index in [0.29, 0.717) is 38.4 Å². The van der Waals surface area contributed by atoms with E-state index >= 15 is 0 Å². The number of carbonyl (C=O) groups excluding carboxylic acids is 1. The average Bonchev–Trinajstić information content (AvgIpc) is 2.64. The molecule has 2 fully saturated rings. The second-order valence-corrected chi connectivity index (χ2v) is 7.39. The molecule has 1 aromatic rings. The topological polar surface area (TPSA) is 82.1 Å². The van der Waals surface area contributed by atoms with E-state index in [1.807, 2.05) is 16.7 Å². The van der Waals surface area contributed by atoms with Crippen molar-refractivity contribution in [3.05, 3.63) is 35.6 Å². The molecule has 2 N–H and O–H groups in total. The fraction of sp³-hybridized carbons (Fsp3) is 0.600. The molecule has 1 saturated heterocycles. The third kappa shape index (κ3) is 5.06. The van der Waals surface area contributed by atoms with Crippen molar-refractivity contribution in [2.45, 2.75) is 37.9 Å². The molecule has 3 rings (SSSR count). The summed E-state index contributed by atoms with van der Waals surface area (Å²) in [5.41, 5.74) is 0.635. The van der Waals surface area contributed by atoms with E-state index < -0.39 is 12.0 Å². The number of carbonyl (C=O) groups is 2. The second kappa shape index (κ2) is 9.45. The maximum Gasteiger partial charge on any atom is 0.317 e. The lowest BCUT2D eigenvalue weighted by Gasteiger charge is -2.43. The number of halogens is 1. The molecule has 1 amide bonds. The largest absolute Gasteiger partial charge is 0.480 e. The molecule has 0 aromatic heterocycles. The number of hydrogen-bond acceptors (Lipinski definition) is 5. The molecule has 0 spiro atoms. The minimum absolute atomic E-state index is 0.0115. The molecule has 1 atom stereocenters. The second-order valence-electron chi connectivity index (χ2n) is 7.39. The Hall–Kier alpha value is -2.03. The van der Waals surface area contributed by atoms with E-state index in [1.165, 1.54) is 12.1 Å². The SMILES string of the molecule is CCN(CC(=O)O)C1CC(NC(=O)C(c2cccc(F)c2)N2CCOCC2)C1. The van der Waals surface area contributed by atoms with Gasteiger partial charge in [-0.3, -0.25) is 19.4 Å². The number of aliphatic carboxylic acids is 1. The van der Waals surface area contributed by atoms with Crippen LogP contribution in [0.15, 0.2) is 24.3 Å². The highest BCUT2D eigenvalue weighted by Gasteiger charge is 2.37. The first kappa shape index (κ1) is 20.7. The fourth-order valence-corrected chi connectivity index (χ4v) is 4.00. The van der Waals surface area contributed by atoms with Gasteiger partial charge >= 0.3 is 5.97 Å². The van der Waals surface area contributed by atoms with Crippen LogP contribution in [-0.2, 0) is 14.3 Å². The Kier molecular flexibility index (Phi) is 6.98. The van der Waals surface area contributed by atoms with Crippen LogP contribution in [0.4, 0.5) is 4.39 Å². The highest BCUT2D eigenvalue weighted by atomic mass is 19.1. The van der Waals surface area contributed by atoms with Crippen LogP contribution in [0.25, 0.3) is 0 Å². The number of morpholine rings is 1. The van der Waals surface area contributed by atoms with Gasteiger partial charge in [-0.05, 0) is 37.1 Å². The highest BCUT2D eigenvalue weighted by Crippen LogP contribution is 2.28. The molecule has 1 aromatic carbocycles. The molecule has 28 heavy (non-hydrogen) atoms. The third-order valence-corrected chi connectivity index (χ3v) is 5.54. The Morgan fingerprint density at radius 2 is 2.07 bits per heavy atom. The van der Waals surface area contributed by atoms with Crippen molar-refractivity contribution in [1.29, 1.82) is 0 Å². The Morgan fingerprint density at radius 1 is 1.36 bits per heavy atom. The number of nitrogens with one attached hydrogen (secondary N) is 1. The molecule has 1 saturated carbocycles. The van der Waals surface area contributed by atoms with Gasteiger partial charge in [0.1, 0.15) is 11.9 Å². The minimum Gasteiger partial charge on any atom is -0.480 e. The van der Waals surface area contributed by atoms with Gasteiger partial charge in [-0.2, -0.15) is 0 Å². The number of likely N-dealkylation sites (N-methyl/N-ethyl adjacent to an activating group) is 1. The number of amides is 1. The number of rotatable bonds is 8. The molecule has 0 bridgehead atoms. The third-order valence-electron chi connectivity index (χ3n) is 5.54. The maximum atomic E-state index is 13.8. The van der Waals surface area contributed by atoms with E-state index in [0.717, 1.165) is 12.8 Å². The molecule has 8 heteroatoms. The van der Waals surface area contributed by atoms with Gasteiger partial charge in [0.25, 0.3) is 0 Å². The summed E-state index contributed by atoms with van der Waals surface area (Å²) in [5, 5.41) is 12.1. The molecule has 7 nitrogen and oxygen atoms in total. The zero-order valence-electron chi connectivity index (χ0n) is 16.1. The quantitative estimate of drug-likeness (QED) is 0.692. The van der Waals surface area contributed by atoms with Crippen LogP contribution in [0.3, 0.4) is 0 Å². The molecule has 2 aliphatic rings. The van der Waals surface area contributed by atoms with Crippen molar-refractivity contribution in [3.8, 4) is 0 Å². The molecule has 1 unspecified atom stereocenters. The van der Waals surface area contributed by atoms with Crippen LogP contribution in [0, 0.1) is 5.82 Å². The highest BCUT2D eigenvalue weighted by molar-refractivity contribution is 5.83. The van der Waals surface area contributed by atoms with Gasteiger partial charge in [0.2, 0.25) is 5.91 Å². The molecule has 154 valence electrons. The van der Waals surface area contributed by atoms with Crippen LogP contribution in [0.2, 0.25) is 0 Å². The van der Waals surface area contributed by atoms with Crippen LogP contribution in [-0.4, -0.2) is 78.3 Å². The summed E-state index contributed by atoms with van der Waals surface area (Å²) in [5.74, 6) is -1.34. The van der Waals surface area contributed by atoms with E-state index in [4.69, 9.17) is 9.84 Å². The van der Waals surface area contributed by atoms with Crippen molar-refractivity contribution in [1.82, 2.24) is 15.1 Å². The number of benzene rings is 1. The van der Waals surface area contributed by atoms with Crippen LogP contribution < -0.4 is 5.32 Å². The summed E-state index contributed by atoms with van der Waals surface area (Å²) in [6, 6.07) is 5.80. The smallest absolute Gasteiger partial charge is 0.317 e. The fourth-order valence-electron chi connectivity index (χ4n) is 4.00. The maximum absolute atomic E-state index is 13.8. The number of hydrogen-bond donors (Lipinski definition) is 2. The lowest BCUT2D eigenvalue weighted by atomic mass is 9.85. The monoisotopic (exact) mass is 393 g/mol. The van der Waals surface area contributed by atoms with Crippen molar-refractivity contribution in [2.75, 3.05) is 39.4 Å². The predicted octanol–water partition coefficient (Wildman–Crippen LogP) is 1.25. The number of carboxylic acid groups (broad SMARTS) is 1. The van der Waals surface area contributed by atoms with Gasteiger partial charge in [0.05, 0.1) is 19.8 Å². The summed E-state index contributed by atoms with van der Waals surface area (Å²) in [6.45, 7) is 4.94. The van der Waals surface area contributed by atoms with E-state index in [-0.39, 0.29) is 30.4 Å². The summed E-state index contributed by atoms with van der Waals surface area (Å²) in [7, 11) is 0. The summed E-state index contributed by atoms with van der Waals surface area (Å²) < 4.78 is 19.1. The normalized spacial score (nSPS) is 23.8. The Balaban J connectivity index is 1.63. The Morgan fingerprint density at radius 3 is 2.68 bits per heavy atom. The first-order chi connectivity index (χ1) is 13.5. The summed E-state index contributed by atoms with van der Waals surface area (Å²) in [4.78, 5) is 28.0. The van der Waals surface area contributed by atoms with Crippen LogP contribution in [0.1, 0.15) is 31.4 Å². The van der Waals surface area contributed by atoms with Crippen molar-refractivity contribution in [3.63, 3.8) is 0 Å². The van der Waals surface area contributed by atoms with Gasteiger partial charge in [-0.25, -0.2) is 4.39 Å². The number of ether oxygens (including phenoxy) is 1. The van der Waals surface area contributed by atoms with Gasteiger partial charge in [0, 0.05) is 25.2 Å². The van der Waals surface area contributed by atoms with Crippen molar-refractivity contribution in [2.24, 2.45) is 0 Å². The Labute approximate surface area is 164 Å². The van der Waals surface area contributed by atoms with Crippen LogP contribution >= 0.6 is 0 Å². The number of nitrogens with zero attached hydrogens (tertiary/aromatic N) is 2. The lowest BCUT2D eigenvalue weighted by Crippen LogP contribution is -2.56. The lowest BCUT2D eigenvalue weighted by molar-refractivity contribution is -0.140. The summed E-state index contributed by atoms with van der Waals surface area (Å²) in [6.07, 6.45) is 1.46. The predicted molar refractivity (Wildman–Crippen MR) is 101 cm³/mol. The first-order valence-corrected chi connectivity index (χ1v) is 9.81. The number of carboxylic acids is 1. The molecule has 0 radical (unpaired) electrons. The minimum atomic E-state index is -0.840. The van der Waals surface area contributed by atoms with Gasteiger partial charge in [-0.1, -0.05) is 19.1 Å². The zero-order valence-corrected chi connectivity index (χ0v) is 16.1. The first-order valence-electron chi connectivity index (χ1n) is 9.81. The summed E-state index contributed by atoms with van der Waals surface area (Å²) >= 11 is 0. The average molecular weight is 393 g/mol. The van der Waals surface area contributed by atoms with Gasteiger partial charge in [0.15, 0.2) is 0 Å². The van der Waals surface area contributed by atoms with Crippen molar-refractivity contribution < 1.29 is 23.8 Å². The van der Waals surface area contributed by atoms with E-state index in [2.05, 4.69) is 5.32 Å². The van der Waals surface area contributed by atoms with E-state index in [9.17, 15) is 14.0 Å². The van der Waals surface area contributed by atoms with Gasteiger partial charge in [-0.15, -0.1) is 0 Å². The molecule has 1 aliphatic heterocycles. The Bertz CT molecular complexity index is 690. The van der Waals surface area contributed by atoms with Crippen LogP contribution in [0.5, 0.6) is 0 Å². The van der Waals surface area contributed by atoms with Gasteiger partial charge < -0.3 is 15.2 Å². The zero-order chi connectivity index (χ0) is 20.1. The van der Waals surface area contributed by atoms with E-state index in [1.54, 1.807) is 12.1 Å². The molecular weight excluding hydrogens is 365 g/mol. The molecular formula is C20H28FN3O4. The van der Waals surface area contributed by atoms with Crippen molar-refractivity contribution >= 4 is 11.9 Å². The standard InChI is InChI=1S/C20H28FN3O4/c1-2-23(13-18(25)26)17-11-16(12-17)22-20(27)19(24-6-8-28-9-7-24)14-4-3-5-15(21)10-14/h3-5,10,16-17,19H,2,6-9,11-13H2,1H3,(H,22,27)(H,25,26). The molecule has 1 heterocycles.